The molecule has 8 nitrogen and oxygen atoms in total. The fourth-order valence-corrected chi connectivity index (χ4v) is 5.30. The van der Waals surface area contributed by atoms with Gasteiger partial charge in [0, 0.05) is 13.0 Å². The third kappa shape index (κ3) is 4.72. The van der Waals surface area contributed by atoms with Gasteiger partial charge in [-0.3, -0.25) is 4.79 Å². The number of hydrogen-bond donors (Lipinski definition) is 2. The van der Waals surface area contributed by atoms with Crippen LogP contribution in [0, 0.1) is 6.92 Å². The van der Waals surface area contributed by atoms with Crippen LogP contribution in [-0.4, -0.2) is 56.6 Å². The number of aryl methyl sites for hydroxylation is 1. The zero-order chi connectivity index (χ0) is 22.0. The van der Waals surface area contributed by atoms with Crippen molar-refractivity contribution in [1.29, 1.82) is 0 Å². The van der Waals surface area contributed by atoms with Crippen LogP contribution in [0.3, 0.4) is 0 Å². The molecule has 164 valence electrons. The Morgan fingerprint density at radius 2 is 1.84 bits per heavy atom. The predicted molar refractivity (Wildman–Crippen MR) is 114 cm³/mol. The fourth-order valence-electron chi connectivity index (χ4n) is 4.14. The van der Waals surface area contributed by atoms with E-state index < -0.39 is 22.1 Å². The molecule has 3 atom stereocenters. The highest BCUT2D eigenvalue weighted by molar-refractivity contribution is 7.90. The highest BCUT2D eigenvalue weighted by Gasteiger charge is 2.43. The first-order chi connectivity index (χ1) is 14.8. The molecule has 31 heavy (non-hydrogen) atoms. The molecule has 2 aliphatic rings. The van der Waals surface area contributed by atoms with Gasteiger partial charge in [0.05, 0.1) is 23.6 Å². The van der Waals surface area contributed by atoms with Gasteiger partial charge in [0.15, 0.2) is 0 Å². The third-order valence-electron chi connectivity index (χ3n) is 5.68. The number of hydrogen-bond acceptors (Lipinski definition) is 5. The van der Waals surface area contributed by atoms with Gasteiger partial charge in [-0.1, -0.05) is 48.5 Å². The topological polar surface area (TPSA) is 105 Å². The molecule has 0 spiro atoms. The number of nitrogens with one attached hydrogen (secondary N) is 2. The second-order valence-corrected chi connectivity index (χ2v) is 9.57. The molecule has 3 amide bonds. The number of sulfonamides is 1. The van der Waals surface area contributed by atoms with Crippen molar-refractivity contribution in [2.75, 3.05) is 13.2 Å². The van der Waals surface area contributed by atoms with E-state index in [9.17, 15) is 18.0 Å². The molecule has 2 heterocycles. The van der Waals surface area contributed by atoms with Crippen LogP contribution in [0.2, 0.25) is 0 Å². The zero-order valence-corrected chi connectivity index (χ0v) is 18.0. The van der Waals surface area contributed by atoms with E-state index in [-0.39, 0.29) is 29.4 Å². The summed E-state index contributed by atoms with van der Waals surface area (Å²) < 4.78 is 32.9. The summed E-state index contributed by atoms with van der Waals surface area (Å²) in [6.07, 6.45) is 1.07. The van der Waals surface area contributed by atoms with Gasteiger partial charge >= 0.3 is 6.03 Å². The number of amides is 3. The Bertz CT molecular complexity index is 1070. The molecule has 3 unspecified atom stereocenters. The molecular weight excluding hydrogens is 418 g/mol. The number of nitrogens with zero attached hydrogens (tertiary/aromatic N) is 1. The average Bonchev–Trinajstić information content (AvgIpc) is 3.37. The minimum Gasteiger partial charge on any atom is -0.374 e. The number of benzene rings is 2. The molecule has 2 bridgehead atoms. The lowest BCUT2D eigenvalue weighted by Gasteiger charge is -2.31. The van der Waals surface area contributed by atoms with E-state index >= 15 is 0 Å². The number of urea groups is 1. The number of fused-ring (bicyclic) bond motifs is 2. The van der Waals surface area contributed by atoms with Crippen LogP contribution in [-0.2, 0) is 26.0 Å². The van der Waals surface area contributed by atoms with Gasteiger partial charge in [0.1, 0.15) is 6.04 Å². The van der Waals surface area contributed by atoms with Gasteiger partial charge in [0.2, 0.25) is 5.91 Å². The van der Waals surface area contributed by atoms with Gasteiger partial charge in [-0.15, -0.1) is 0 Å². The lowest BCUT2D eigenvalue weighted by Crippen LogP contribution is -2.55. The van der Waals surface area contributed by atoms with E-state index in [1.165, 1.54) is 6.07 Å². The quantitative estimate of drug-likeness (QED) is 0.706. The lowest BCUT2D eigenvalue weighted by atomic mass is 10.0. The van der Waals surface area contributed by atoms with Crippen LogP contribution in [0.25, 0.3) is 0 Å². The molecule has 0 aromatic heterocycles. The van der Waals surface area contributed by atoms with Crippen molar-refractivity contribution in [1.82, 2.24) is 14.9 Å². The summed E-state index contributed by atoms with van der Waals surface area (Å²) in [7, 11) is -4.07. The number of morpholine rings is 1. The Balaban J connectivity index is 1.50. The number of carbonyl (C=O) groups is 2. The minimum atomic E-state index is -4.07. The van der Waals surface area contributed by atoms with Crippen molar-refractivity contribution in [3.63, 3.8) is 0 Å². The van der Waals surface area contributed by atoms with Crippen LogP contribution < -0.4 is 10.0 Å². The van der Waals surface area contributed by atoms with Crippen molar-refractivity contribution in [3.05, 3.63) is 65.7 Å². The van der Waals surface area contributed by atoms with Crippen LogP contribution in [0.5, 0.6) is 0 Å². The van der Waals surface area contributed by atoms with Crippen LogP contribution in [0.15, 0.2) is 59.5 Å². The van der Waals surface area contributed by atoms with Crippen molar-refractivity contribution in [3.8, 4) is 0 Å². The van der Waals surface area contributed by atoms with Crippen molar-refractivity contribution in [2.24, 2.45) is 0 Å². The molecule has 0 saturated carbocycles. The molecule has 2 saturated heterocycles. The highest BCUT2D eigenvalue weighted by atomic mass is 32.2. The number of carbonyl (C=O) groups excluding carboxylic acids is 2. The standard InChI is InChI=1S/C22H25N3O5S/c1-15-7-5-6-10-20(15)31(28,29)24-22(27)23-19(11-16-8-3-2-4-9-16)21(26)25-13-18-12-17(25)14-30-18/h2-10,17-19H,11-14H2,1H3,(H2,23,24,27). The SMILES string of the molecule is Cc1ccccc1S(=O)(=O)NC(=O)NC(Cc1ccccc1)C(=O)N1CC2CC1CO2. The molecule has 2 fully saturated rings. The largest absolute Gasteiger partial charge is 0.374 e. The maximum atomic E-state index is 13.2. The van der Waals surface area contributed by atoms with Crippen LogP contribution >= 0.6 is 0 Å². The Kier molecular flexibility index (Phi) is 5.97. The zero-order valence-electron chi connectivity index (χ0n) is 17.2. The van der Waals surface area contributed by atoms with Gasteiger partial charge in [0.25, 0.3) is 10.0 Å². The molecule has 9 heteroatoms. The third-order valence-corrected chi connectivity index (χ3v) is 7.17. The maximum absolute atomic E-state index is 13.2. The summed E-state index contributed by atoms with van der Waals surface area (Å²) in [6, 6.07) is 13.9. The summed E-state index contributed by atoms with van der Waals surface area (Å²) in [5, 5.41) is 2.59. The summed E-state index contributed by atoms with van der Waals surface area (Å²) in [5.74, 6) is -0.233. The summed E-state index contributed by atoms with van der Waals surface area (Å²) in [5.41, 5.74) is 1.39. The molecule has 2 aromatic carbocycles. The Morgan fingerprint density at radius 3 is 2.48 bits per heavy atom. The van der Waals surface area contributed by atoms with E-state index in [2.05, 4.69) is 5.32 Å². The lowest BCUT2D eigenvalue weighted by molar-refractivity contribution is -0.137. The second kappa shape index (κ2) is 8.68. The van der Waals surface area contributed by atoms with Gasteiger partial charge < -0.3 is 15.0 Å². The molecule has 4 rings (SSSR count). The van der Waals surface area contributed by atoms with E-state index in [0.717, 1.165) is 12.0 Å². The minimum absolute atomic E-state index is 0.00339. The smallest absolute Gasteiger partial charge is 0.329 e. The first kappa shape index (κ1) is 21.3. The highest BCUT2D eigenvalue weighted by Crippen LogP contribution is 2.28. The molecule has 2 N–H and O–H groups in total. The van der Waals surface area contributed by atoms with Crippen molar-refractivity contribution < 1.29 is 22.7 Å². The Morgan fingerprint density at radius 1 is 1.13 bits per heavy atom. The maximum Gasteiger partial charge on any atom is 0.329 e. The van der Waals surface area contributed by atoms with E-state index in [0.29, 0.717) is 18.7 Å². The number of likely N-dealkylation sites (tertiary alicyclic amines) is 1. The first-order valence-electron chi connectivity index (χ1n) is 10.2. The Labute approximate surface area is 181 Å². The molecular formula is C22H25N3O5S. The average molecular weight is 444 g/mol. The first-order valence-corrected chi connectivity index (χ1v) is 11.7. The van der Waals surface area contributed by atoms with Gasteiger partial charge in [-0.05, 0) is 30.5 Å². The number of ether oxygens (including phenoxy) is 1. The molecule has 0 aliphatic carbocycles. The van der Waals surface area contributed by atoms with E-state index in [4.69, 9.17) is 4.74 Å². The van der Waals surface area contributed by atoms with Gasteiger partial charge in [-0.25, -0.2) is 17.9 Å². The fraction of sp³-hybridized carbons (Fsp3) is 0.364. The second-order valence-electron chi connectivity index (χ2n) is 7.92. The normalized spacial score (nSPS) is 21.0. The summed E-state index contributed by atoms with van der Waals surface area (Å²) in [6.45, 7) is 2.63. The molecule has 0 radical (unpaired) electrons. The summed E-state index contributed by atoms with van der Waals surface area (Å²) in [4.78, 5) is 27.6. The van der Waals surface area contributed by atoms with Crippen LogP contribution in [0.1, 0.15) is 17.5 Å². The molecule has 2 aromatic rings. The van der Waals surface area contributed by atoms with E-state index in [1.54, 1.807) is 30.0 Å². The monoisotopic (exact) mass is 443 g/mol. The number of rotatable bonds is 6. The summed E-state index contributed by atoms with van der Waals surface area (Å²) >= 11 is 0. The molecule has 2 aliphatic heterocycles. The van der Waals surface area contributed by atoms with Gasteiger partial charge in [-0.2, -0.15) is 0 Å². The van der Waals surface area contributed by atoms with Crippen molar-refractivity contribution >= 4 is 22.0 Å². The van der Waals surface area contributed by atoms with Crippen LogP contribution in [0.4, 0.5) is 4.79 Å². The Hall–Kier alpha value is -2.91. The van der Waals surface area contributed by atoms with Crippen molar-refractivity contribution in [2.45, 2.75) is 42.8 Å². The predicted octanol–water partition coefficient (Wildman–Crippen LogP) is 1.59. The van der Waals surface area contributed by atoms with E-state index in [1.807, 2.05) is 35.1 Å².